The van der Waals surface area contributed by atoms with Crippen LogP contribution in [0.5, 0.6) is 0 Å². The number of carbonyl (C=O) groups excluding carboxylic acids is 1. The van der Waals surface area contributed by atoms with Gasteiger partial charge in [0, 0.05) is 18.3 Å². The molecule has 5 fully saturated rings. The predicted molar refractivity (Wildman–Crippen MR) is 68.0 cm³/mol. The first-order valence-electron chi connectivity index (χ1n) is 7.71. The van der Waals surface area contributed by atoms with Crippen LogP contribution in [0.3, 0.4) is 0 Å². The van der Waals surface area contributed by atoms with Crippen LogP contribution in [-0.2, 0) is 24.0 Å². The molecule has 0 N–H and O–H groups in total. The lowest BCUT2D eigenvalue weighted by Gasteiger charge is -2.57. The average molecular weight is 282 g/mol. The third-order valence-electron chi connectivity index (χ3n) is 5.97. The molecule has 0 aromatic carbocycles. The topological polar surface area (TPSA) is 54.0 Å². The molecule has 0 aromatic rings. The Labute approximate surface area is 118 Å². The molecule has 5 heteroatoms. The van der Waals surface area contributed by atoms with E-state index in [1.54, 1.807) is 0 Å². The monoisotopic (exact) mass is 282 g/mol. The molecule has 1 aliphatic carbocycles. The summed E-state index contributed by atoms with van der Waals surface area (Å²) < 4.78 is 11.6. The van der Waals surface area contributed by atoms with Crippen LogP contribution in [-0.4, -0.2) is 23.6 Å². The first kappa shape index (κ1) is 13.0. The van der Waals surface area contributed by atoms with Crippen molar-refractivity contribution >= 4 is 5.97 Å². The van der Waals surface area contributed by atoms with Crippen LogP contribution < -0.4 is 0 Å². The fourth-order valence-electron chi connectivity index (χ4n) is 4.76. The Kier molecular flexibility index (Phi) is 2.58. The van der Waals surface area contributed by atoms with E-state index in [1.165, 1.54) is 0 Å². The molecule has 1 spiro atoms. The highest BCUT2D eigenvalue weighted by atomic mass is 17.3. The minimum atomic E-state index is -0.793. The molecule has 0 radical (unpaired) electrons. The Morgan fingerprint density at radius 2 is 1.90 bits per heavy atom. The van der Waals surface area contributed by atoms with E-state index < -0.39 is 17.7 Å². The fraction of sp³-hybridized carbons (Fsp3) is 0.933. The molecule has 5 aliphatic rings. The summed E-state index contributed by atoms with van der Waals surface area (Å²) in [7, 11) is 0. The number of esters is 1. The first-order chi connectivity index (χ1) is 9.46. The molecule has 7 atom stereocenters. The molecular weight excluding hydrogens is 260 g/mol. The van der Waals surface area contributed by atoms with E-state index >= 15 is 0 Å². The molecule has 0 unspecified atom stereocenters. The Hall–Kier alpha value is -0.650. The quantitative estimate of drug-likeness (QED) is 0.504. The molecule has 4 saturated heterocycles. The third-order valence-corrected chi connectivity index (χ3v) is 5.97. The highest BCUT2D eigenvalue weighted by Crippen LogP contribution is 2.59. The van der Waals surface area contributed by atoms with Gasteiger partial charge in [-0.05, 0) is 32.1 Å². The second-order valence-electron chi connectivity index (χ2n) is 7.14. The van der Waals surface area contributed by atoms with E-state index in [0.717, 1.165) is 25.7 Å². The van der Waals surface area contributed by atoms with Gasteiger partial charge in [-0.2, -0.15) is 0 Å². The lowest BCUT2D eigenvalue weighted by Crippen LogP contribution is -2.69. The number of ether oxygens (including phenoxy) is 2. The number of hydrogen-bond donors (Lipinski definition) is 0. The molecular formula is C15H22O5. The van der Waals surface area contributed by atoms with Crippen molar-refractivity contribution in [2.75, 3.05) is 0 Å². The van der Waals surface area contributed by atoms with Crippen LogP contribution in [0, 0.1) is 23.7 Å². The van der Waals surface area contributed by atoms with Crippen LogP contribution in [0.25, 0.3) is 0 Å². The van der Waals surface area contributed by atoms with Gasteiger partial charge in [0.25, 0.3) is 0 Å². The van der Waals surface area contributed by atoms with Gasteiger partial charge < -0.3 is 9.47 Å². The van der Waals surface area contributed by atoms with Crippen molar-refractivity contribution < 1.29 is 24.0 Å². The van der Waals surface area contributed by atoms with E-state index in [4.69, 9.17) is 19.2 Å². The van der Waals surface area contributed by atoms with Crippen molar-refractivity contribution in [1.82, 2.24) is 0 Å². The Bertz CT molecular complexity index is 452. The molecule has 5 nitrogen and oxygen atoms in total. The summed E-state index contributed by atoms with van der Waals surface area (Å²) in [6, 6.07) is 0. The highest BCUT2D eigenvalue weighted by Gasteiger charge is 2.69. The van der Waals surface area contributed by atoms with Crippen molar-refractivity contribution in [3.63, 3.8) is 0 Å². The molecule has 1 saturated carbocycles. The van der Waals surface area contributed by atoms with Gasteiger partial charge in [0.05, 0.1) is 5.92 Å². The molecule has 112 valence electrons. The zero-order chi connectivity index (χ0) is 14.1. The molecule has 4 aliphatic heterocycles. The van der Waals surface area contributed by atoms with E-state index in [-0.39, 0.29) is 17.8 Å². The Morgan fingerprint density at radius 3 is 2.70 bits per heavy atom. The molecule has 5 rings (SSSR count). The Balaban J connectivity index is 1.84. The minimum Gasteiger partial charge on any atom is -0.432 e. The van der Waals surface area contributed by atoms with Gasteiger partial charge in [-0.3, -0.25) is 4.79 Å². The molecule has 0 amide bonds. The van der Waals surface area contributed by atoms with Crippen molar-refractivity contribution in [1.29, 1.82) is 0 Å². The molecule has 4 heterocycles. The second-order valence-corrected chi connectivity index (χ2v) is 7.14. The predicted octanol–water partition coefficient (Wildman–Crippen LogP) is 2.39. The van der Waals surface area contributed by atoms with E-state index in [9.17, 15) is 4.79 Å². The van der Waals surface area contributed by atoms with Gasteiger partial charge in [0.2, 0.25) is 12.1 Å². The molecule has 20 heavy (non-hydrogen) atoms. The Morgan fingerprint density at radius 1 is 1.10 bits per heavy atom. The summed E-state index contributed by atoms with van der Waals surface area (Å²) in [6.07, 6.45) is 3.24. The van der Waals surface area contributed by atoms with Gasteiger partial charge >= 0.3 is 5.97 Å². The van der Waals surface area contributed by atoms with Crippen LogP contribution >= 0.6 is 0 Å². The van der Waals surface area contributed by atoms with E-state index in [2.05, 4.69) is 6.92 Å². The highest BCUT2D eigenvalue weighted by molar-refractivity contribution is 5.74. The number of fused-ring (bicyclic) bond motifs is 2. The normalized spacial score (nSPS) is 57.8. The SMILES string of the molecule is C[C@@H]1CC[C@@H]2[C@H](C)C(=O)O[C@@H]3O[C@@]4(C)CC[C@H]1[C@]32OO4. The first-order valence-corrected chi connectivity index (χ1v) is 7.71. The van der Waals surface area contributed by atoms with Crippen molar-refractivity contribution in [3.8, 4) is 0 Å². The maximum absolute atomic E-state index is 12.1. The van der Waals surface area contributed by atoms with Gasteiger partial charge in [-0.15, -0.1) is 0 Å². The fourth-order valence-corrected chi connectivity index (χ4v) is 4.76. The summed E-state index contributed by atoms with van der Waals surface area (Å²) in [5.74, 6) is -0.137. The van der Waals surface area contributed by atoms with Crippen molar-refractivity contribution in [2.45, 2.75) is 64.1 Å². The van der Waals surface area contributed by atoms with Gasteiger partial charge in [-0.25, -0.2) is 9.78 Å². The van der Waals surface area contributed by atoms with Gasteiger partial charge in [0.1, 0.15) is 0 Å². The maximum atomic E-state index is 12.1. The summed E-state index contributed by atoms with van der Waals surface area (Å²) >= 11 is 0. The minimum absolute atomic E-state index is 0.123. The number of carbonyl (C=O) groups is 1. The van der Waals surface area contributed by atoms with Crippen LogP contribution in [0.1, 0.15) is 46.5 Å². The standard InChI is InChI=1S/C15H22O5/c1-8-4-5-11-9(2)12(16)17-13-15(11)10(8)6-7-14(3,18-13)19-20-15/h8-11,13H,4-7H2,1-3H3/t8-,9+,10-,11-,13-,14-,15-/m1/s1. The third kappa shape index (κ3) is 1.46. The van der Waals surface area contributed by atoms with Gasteiger partial charge in [0.15, 0.2) is 5.60 Å². The number of rotatable bonds is 0. The average Bonchev–Trinajstić information content (AvgIpc) is 2.63. The summed E-state index contributed by atoms with van der Waals surface area (Å²) in [5, 5.41) is 0. The van der Waals surface area contributed by atoms with E-state index in [1.807, 2.05) is 13.8 Å². The summed E-state index contributed by atoms with van der Waals surface area (Å²) in [4.78, 5) is 23.7. The van der Waals surface area contributed by atoms with Gasteiger partial charge in [-0.1, -0.05) is 13.8 Å². The van der Waals surface area contributed by atoms with E-state index in [0.29, 0.717) is 11.8 Å². The zero-order valence-corrected chi connectivity index (χ0v) is 12.3. The van der Waals surface area contributed by atoms with Crippen LogP contribution in [0.4, 0.5) is 0 Å². The lowest BCUT2D eigenvalue weighted by molar-refractivity contribution is -0.559. The second kappa shape index (κ2) is 3.96. The summed E-state index contributed by atoms with van der Waals surface area (Å²) in [5.41, 5.74) is -0.610. The van der Waals surface area contributed by atoms with Crippen LogP contribution in [0.2, 0.25) is 0 Å². The largest absolute Gasteiger partial charge is 0.432 e. The van der Waals surface area contributed by atoms with Crippen molar-refractivity contribution in [3.05, 3.63) is 0 Å². The van der Waals surface area contributed by atoms with Crippen LogP contribution in [0.15, 0.2) is 0 Å². The van der Waals surface area contributed by atoms with Crippen molar-refractivity contribution in [2.24, 2.45) is 23.7 Å². The smallest absolute Gasteiger partial charge is 0.311 e. The summed E-state index contributed by atoms with van der Waals surface area (Å²) in [6.45, 7) is 6.06. The molecule has 2 bridgehead atoms. The number of hydrogen-bond acceptors (Lipinski definition) is 5. The maximum Gasteiger partial charge on any atom is 0.311 e. The molecule has 0 aromatic heterocycles. The zero-order valence-electron chi connectivity index (χ0n) is 12.3. The lowest BCUT2D eigenvalue weighted by atomic mass is 9.58.